The summed E-state index contributed by atoms with van der Waals surface area (Å²) in [5.41, 5.74) is 1.60. The Bertz CT molecular complexity index is 997. The number of rotatable bonds is 8. The zero-order valence-corrected chi connectivity index (χ0v) is 20.0. The van der Waals surface area contributed by atoms with E-state index in [0.717, 1.165) is 26.5 Å². The van der Waals surface area contributed by atoms with Gasteiger partial charge in [0.05, 0.1) is 28.7 Å². The van der Waals surface area contributed by atoms with Crippen molar-refractivity contribution in [1.82, 2.24) is 4.90 Å². The maximum atomic E-state index is 12.5. The van der Waals surface area contributed by atoms with Gasteiger partial charge in [0.1, 0.15) is 6.61 Å². The maximum absolute atomic E-state index is 12.5. The maximum Gasteiger partial charge on any atom is 0.293 e. The van der Waals surface area contributed by atoms with Crippen molar-refractivity contribution in [3.63, 3.8) is 0 Å². The number of thioether (sulfide) groups is 1. The highest BCUT2D eigenvalue weighted by atomic mass is 127. The highest BCUT2D eigenvalue weighted by molar-refractivity contribution is 14.1. The van der Waals surface area contributed by atoms with E-state index in [0.29, 0.717) is 34.6 Å². The van der Waals surface area contributed by atoms with Gasteiger partial charge in [-0.05, 0) is 64.2 Å². The molecule has 2 aromatic carbocycles. The molecule has 30 heavy (non-hydrogen) atoms. The summed E-state index contributed by atoms with van der Waals surface area (Å²) in [4.78, 5) is 26.2. The molecule has 1 heterocycles. The van der Waals surface area contributed by atoms with Crippen LogP contribution in [-0.2, 0) is 16.1 Å². The summed E-state index contributed by atoms with van der Waals surface area (Å²) < 4.78 is 17.2. The molecule has 0 aliphatic carbocycles. The summed E-state index contributed by atoms with van der Waals surface area (Å²) in [7, 11) is 3.08. The number of halogens is 2. The summed E-state index contributed by atoms with van der Waals surface area (Å²) >= 11 is 9.26. The van der Waals surface area contributed by atoms with Gasteiger partial charge in [-0.1, -0.05) is 29.8 Å². The molecule has 0 spiro atoms. The molecule has 3 rings (SSSR count). The number of imide groups is 1. The molecule has 6 nitrogen and oxygen atoms in total. The molecule has 0 N–H and O–H groups in total. The second kappa shape index (κ2) is 10.5. The van der Waals surface area contributed by atoms with Gasteiger partial charge in [-0.3, -0.25) is 14.5 Å². The molecule has 0 saturated carbocycles. The zero-order chi connectivity index (χ0) is 21.7. The number of amides is 2. The van der Waals surface area contributed by atoms with E-state index in [1.807, 2.05) is 30.3 Å². The summed E-state index contributed by atoms with van der Waals surface area (Å²) in [6.45, 7) is 0.826. The summed E-state index contributed by atoms with van der Waals surface area (Å²) in [6.07, 6.45) is 1.68. The lowest BCUT2D eigenvalue weighted by Gasteiger charge is -2.14. The Morgan fingerprint density at radius 1 is 1.20 bits per heavy atom. The van der Waals surface area contributed by atoms with Crippen LogP contribution in [0, 0.1) is 3.57 Å². The number of nitrogens with zero attached hydrogens (tertiary/aromatic N) is 1. The van der Waals surface area contributed by atoms with Crippen molar-refractivity contribution in [3.05, 3.63) is 61.0 Å². The first-order valence-electron chi connectivity index (χ1n) is 8.92. The molecule has 0 atom stereocenters. The first kappa shape index (κ1) is 22.9. The van der Waals surface area contributed by atoms with Gasteiger partial charge in [-0.25, -0.2) is 0 Å². The fourth-order valence-electron chi connectivity index (χ4n) is 2.76. The van der Waals surface area contributed by atoms with Crippen LogP contribution >= 0.6 is 46.0 Å². The molecule has 0 unspecified atom stereocenters. The fraction of sp³-hybridized carbons (Fsp3) is 0.238. The van der Waals surface area contributed by atoms with Crippen molar-refractivity contribution in [3.8, 4) is 11.5 Å². The van der Waals surface area contributed by atoms with Crippen molar-refractivity contribution >= 4 is 63.2 Å². The van der Waals surface area contributed by atoms with Gasteiger partial charge in [0.2, 0.25) is 0 Å². The Hall–Kier alpha value is -1.75. The van der Waals surface area contributed by atoms with E-state index < -0.39 is 0 Å². The molecule has 0 radical (unpaired) electrons. The number of carbonyl (C=O) groups is 2. The Morgan fingerprint density at radius 2 is 1.97 bits per heavy atom. The van der Waals surface area contributed by atoms with Crippen LogP contribution in [0.15, 0.2) is 41.3 Å². The second-order valence-electron chi connectivity index (χ2n) is 6.24. The SMILES string of the molecule is COCCN1C(=O)S/C(=C/c2cc(I)c(OCc3ccccc3Cl)c(OC)c2)C1=O. The van der Waals surface area contributed by atoms with Gasteiger partial charge in [0.15, 0.2) is 11.5 Å². The van der Waals surface area contributed by atoms with Crippen LogP contribution in [0.2, 0.25) is 5.02 Å². The monoisotopic (exact) mass is 559 g/mol. The first-order chi connectivity index (χ1) is 14.4. The van der Waals surface area contributed by atoms with E-state index >= 15 is 0 Å². The van der Waals surface area contributed by atoms with Crippen LogP contribution in [0.4, 0.5) is 4.79 Å². The molecule has 9 heteroatoms. The number of carbonyl (C=O) groups excluding carboxylic acids is 2. The molecule has 2 amide bonds. The minimum atomic E-state index is -0.324. The summed E-state index contributed by atoms with van der Waals surface area (Å²) in [6, 6.07) is 11.1. The van der Waals surface area contributed by atoms with Crippen molar-refractivity contribution in [2.75, 3.05) is 27.4 Å². The fourth-order valence-corrected chi connectivity index (χ4v) is 4.59. The topological polar surface area (TPSA) is 65.1 Å². The first-order valence-corrected chi connectivity index (χ1v) is 11.2. The van der Waals surface area contributed by atoms with Crippen molar-refractivity contribution in [2.24, 2.45) is 0 Å². The van der Waals surface area contributed by atoms with Crippen LogP contribution in [0.25, 0.3) is 6.08 Å². The third kappa shape index (κ3) is 5.29. The van der Waals surface area contributed by atoms with Crippen LogP contribution in [-0.4, -0.2) is 43.4 Å². The summed E-state index contributed by atoms with van der Waals surface area (Å²) in [5.74, 6) is 0.789. The van der Waals surface area contributed by atoms with E-state index in [4.69, 9.17) is 25.8 Å². The molecule has 0 bridgehead atoms. The van der Waals surface area contributed by atoms with Gasteiger partial charge in [-0.2, -0.15) is 0 Å². The molecule has 1 aliphatic rings. The van der Waals surface area contributed by atoms with E-state index in [9.17, 15) is 9.59 Å². The lowest BCUT2D eigenvalue weighted by atomic mass is 10.1. The Morgan fingerprint density at radius 3 is 2.67 bits per heavy atom. The van der Waals surface area contributed by atoms with Crippen LogP contribution in [0.1, 0.15) is 11.1 Å². The second-order valence-corrected chi connectivity index (χ2v) is 8.80. The minimum Gasteiger partial charge on any atom is -0.493 e. The van der Waals surface area contributed by atoms with Crippen LogP contribution in [0.5, 0.6) is 11.5 Å². The molecule has 1 saturated heterocycles. The molecular formula is C21H19ClINO5S. The quantitative estimate of drug-likeness (QED) is 0.327. The number of hydrogen-bond donors (Lipinski definition) is 0. The van der Waals surface area contributed by atoms with Crippen molar-refractivity contribution in [2.45, 2.75) is 6.61 Å². The normalized spacial score (nSPS) is 15.2. The highest BCUT2D eigenvalue weighted by Gasteiger charge is 2.34. The predicted octanol–water partition coefficient (Wildman–Crippen LogP) is 5.21. The molecule has 1 aliphatic heterocycles. The standard InChI is InChI=1S/C21H19ClINO5S/c1-27-8-7-24-20(25)18(30-21(24)26)11-13-9-16(23)19(17(10-13)28-2)29-12-14-5-3-4-6-15(14)22/h3-6,9-11H,7-8,12H2,1-2H3/b18-11+. The smallest absolute Gasteiger partial charge is 0.293 e. The average molecular weight is 560 g/mol. The average Bonchev–Trinajstić information content (AvgIpc) is 2.99. The minimum absolute atomic E-state index is 0.230. The number of hydrogen-bond acceptors (Lipinski definition) is 6. The third-order valence-electron chi connectivity index (χ3n) is 4.27. The van der Waals surface area contributed by atoms with E-state index in [2.05, 4.69) is 22.6 Å². The van der Waals surface area contributed by atoms with Crippen molar-refractivity contribution in [1.29, 1.82) is 0 Å². The van der Waals surface area contributed by atoms with Gasteiger partial charge in [0.25, 0.3) is 11.1 Å². The van der Waals surface area contributed by atoms with E-state index in [1.165, 1.54) is 12.0 Å². The van der Waals surface area contributed by atoms with Gasteiger partial charge in [0, 0.05) is 17.7 Å². The third-order valence-corrected chi connectivity index (χ3v) is 6.35. The summed E-state index contributed by atoms with van der Waals surface area (Å²) in [5, 5.41) is 0.331. The number of ether oxygens (including phenoxy) is 3. The molecule has 1 fully saturated rings. The van der Waals surface area contributed by atoms with Crippen LogP contribution < -0.4 is 9.47 Å². The highest BCUT2D eigenvalue weighted by Crippen LogP contribution is 2.37. The number of methoxy groups -OCH3 is 2. The largest absolute Gasteiger partial charge is 0.493 e. The molecule has 0 aromatic heterocycles. The Kier molecular flexibility index (Phi) is 8.04. The number of benzene rings is 2. The molecule has 158 valence electrons. The lowest BCUT2D eigenvalue weighted by molar-refractivity contribution is -0.123. The van der Waals surface area contributed by atoms with Gasteiger partial charge in [-0.15, -0.1) is 0 Å². The Labute approximate surface area is 197 Å². The Balaban J connectivity index is 1.82. The van der Waals surface area contributed by atoms with Gasteiger partial charge >= 0.3 is 0 Å². The van der Waals surface area contributed by atoms with E-state index in [-0.39, 0.29) is 17.7 Å². The lowest BCUT2D eigenvalue weighted by Crippen LogP contribution is -2.31. The van der Waals surface area contributed by atoms with E-state index in [1.54, 1.807) is 19.3 Å². The van der Waals surface area contributed by atoms with Crippen LogP contribution in [0.3, 0.4) is 0 Å². The molecular weight excluding hydrogens is 541 g/mol. The van der Waals surface area contributed by atoms with Gasteiger partial charge < -0.3 is 14.2 Å². The zero-order valence-electron chi connectivity index (χ0n) is 16.3. The predicted molar refractivity (Wildman–Crippen MR) is 126 cm³/mol. The molecule has 2 aromatic rings. The van der Waals surface area contributed by atoms with Crippen molar-refractivity contribution < 1.29 is 23.8 Å².